The number of anilines is 2. The van der Waals surface area contributed by atoms with Crippen molar-refractivity contribution in [3.05, 3.63) is 71.4 Å². The monoisotopic (exact) mass is 345 g/mol. The first kappa shape index (κ1) is 17.8. The first-order chi connectivity index (χ1) is 12.7. The van der Waals surface area contributed by atoms with Gasteiger partial charge in [-0.05, 0) is 48.6 Å². The van der Waals surface area contributed by atoms with Gasteiger partial charge >= 0.3 is 0 Å². The van der Waals surface area contributed by atoms with Crippen molar-refractivity contribution in [1.82, 2.24) is 0 Å². The third-order valence-corrected chi connectivity index (χ3v) is 4.60. The normalized spacial score (nSPS) is 13.2. The van der Waals surface area contributed by atoms with Gasteiger partial charge < -0.3 is 10.2 Å². The van der Waals surface area contributed by atoms with Crippen molar-refractivity contribution in [1.29, 1.82) is 5.26 Å². The Bertz CT molecular complexity index is 846. The molecule has 0 fully saturated rings. The highest BCUT2D eigenvalue weighted by Crippen LogP contribution is 2.28. The molecule has 2 aromatic rings. The second kappa shape index (κ2) is 8.35. The number of amides is 1. The van der Waals surface area contributed by atoms with Crippen LogP contribution in [0.4, 0.5) is 11.4 Å². The van der Waals surface area contributed by atoms with Crippen LogP contribution in [-0.4, -0.2) is 12.5 Å². The van der Waals surface area contributed by atoms with Crippen LogP contribution in [0.3, 0.4) is 0 Å². The van der Waals surface area contributed by atoms with E-state index >= 15 is 0 Å². The van der Waals surface area contributed by atoms with E-state index < -0.39 is 0 Å². The number of carbonyl (C=O) groups is 1. The summed E-state index contributed by atoms with van der Waals surface area (Å²) in [4.78, 5) is 14.4. The van der Waals surface area contributed by atoms with E-state index in [1.807, 2.05) is 53.4 Å². The van der Waals surface area contributed by atoms with Gasteiger partial charge in [0.2, 0.25) is 0 Å². The average Bonchev–Trinajstić information content (AvgIpc) is 3.08. The van der Waals surface area contributed by atoms with Gasteiger partial charge in [-0.25, -0.2) is 0 Å². The number of rotatable bonds is 6. The molecule has 0 atom stereocenters. The average molecular weight is 345 g/mol. The quantitative estimate of drug-likeness (QED) is 0.622. The molecule has 26 heavy (non-hydrogen) atoms. The number of nitriles is 1. The van der Waals surface area contributed by atoms with Crippen molar-refractivity contribution in [2.24, 2.45) is 0 Å². The summed E-state index contributed by atoms with van der Waals surface area (Å²) in [5.74, 6) is -0.377. The Hall–Kier alpha value is -3.06. The van der Waals surface area contributed by atoms with Gasteiger partial charge in [0.1, 0.15) is 11.6 Å². The second-order valence-corrected chi connectivity index (χ2v) is 6.48. The third kappa shape index (κ3) is 4.12. The zero-order valence-corrected chi connectivity index (χ0v) is 15.0. The summed E-state index contributed by atoms with van der Waals surface area (Å²) in [6, 6.07) is 17.9. The molecule has 1 aliphatic heterocycles. The predicted octanol–water partition coefficient (Wildman–Crippen LogP) is 4.44. The maximum absolute atomic E-state index is 12.5. The Morgan fingerprint density at radius 2 is 2.00 bits per heavy atom. The molecule has 2 aromatic carbocycles. The number of para-hydroxylation sites is 1. The Balaban J connectivity index is 1.69. The number of benzene rings is 2. The molecule has 1 N–H and O–H groups in total. The van der Waals surface area contributed by atoms with Gasteiger partial charge in [-0.2, -0.15) is 5.26 Å². The molecule has 0 saturated heterocycles. The van der Waals surface area contributed by atoms with Crippen molar-refractivity contribution in [3.8, 4) is 6.07 Å². The van der Waals surface area contributed by atoms with E-state index in [0.717, 1.165) is 37.9 Å². The molecule has 0 radical (unpaired) electrons. The summed E-state index contributed by atoms with van der Waals surface area (Å²) in [5.41, 5.74) is 4.38. The summed E-state index contributed by atoms with van der Waals surface area (Å²) >= 11 is 0. The standard InChI is InChI=1S/C22H23N3O/c1-2-3-6-17-9-11-20(12-10-17)24-22(26)19(15-23)16-25-14-13-18-7-4-5-8-21(18)25/h4-5,7-12,16H,2-3,6,13-14H2,1H3,(H,24,26)/b19-16-. The molecule has 1 heterocycles. The van der Waals surface area contributed by atoms with Gasteiger partial charge in [-0.1, -0.05) is 43.7 Å². The van der Waals surface area contributed by atoms with E-state index in [-0.39, 0.29) is 11.5 Å². The summed E-state index contributed by atoms with van der Waals surface area (Å²) in [6.07, 6.45) is 5.93. The summed E-state index contributed by atoms with van der Waals surface area (Å²) in [6.45, 7) is 2.95. The van der Waals surface area contributed by atoms with Gasteiger partial charge in [-0.3, -0.25) is 4.79 Å². The first-order valence-corrected chi connectivity index (χ1v) is 9.08. The zero-order chi connectivity index (χ0) is 18.4. The van der Waals surface area contributed by atoms with Crippen LogP contribution in [0.15, 0.2) is 60.3 Å². The molecule has 1 aliphatic rings. The lowest BCUT2D eigenvalue weighted by molar-refractivity contribution is -0.112. The summed E-state index contributed by atoms with van der Waals surface area (Å²) < 4.78 is 0. The van der Waals surface area contributed by atoms with Crippen molar-refractivity contribution in [2.75, 3.05) is 16.8 Å². The molecule has 0 aliphatic carbocycles. The summed E-state index contributed by atoms with van der Waals surface area (Å²) in [5, 5.41) is 12.2. The molecule has 3 rings (SSSR count). The highest BCUT2D eigenvalue weighted by molar-refractivity contribution is 6.06. The van der Waals surface area contributed by atoms with Crippen molar-refractivity contribution < 1.29 is 4.79 Å². The number of fused-ring (bicyclic) bond motifs is 1. The maximum Gasteiger partial charge on any atom is 0.267 e. The van der Waals surface area contributed by atoms with Crippen LogP contribution in [0, 0.1) is 11.3 Å². The fourth-order valence-corrected chi connectivity index (χ4v) is 3.13. The highest BCUT2D eigenvalue weighted by atomic mass is 16.1. The Morgan fingerprint density at radius 1 is 1.23 bits per heavy atom. The highest BCUT2D eigenvalue weighted by Gasteiger charge is 2.19. The van der Waals surface area contributed by atoms with Crippen molar-refractivity contribution in [3.63, 3.8) is 0 Å². The molecule has 0 aromatic heterocycles. The van der Waals surface area contributed by atoms with E-state index in [1.165, 1.54) is 11.1 Å². The van der Waals surface area contributed by atoms with Crippen LogP contribution in [0.25, 0.3) is 0 Å². The number of hydrogen-bond acceptors (Lipinski definition) is 3. The van der Waals surface area contributed by atoms with Gasteiger partial charge in [0.15, 0.2) is 0 Å². The molecular formula is C22H23N3O. The van der Waals surface area contributed by atoms with Gasteiger partial charge in [-0.15, -0.1) is 0 Å². The Labute approximate surface area is 154 Å². The van der Waals surface area contributed by atoms with Crippen LogP contribution < -0.4 is 10.2 Å². The Morgan fingerprint density at radius 3 is 2.73 bits per heavy atom. The van der Waals surface area contributed by atoms with Crippen LogP contribution in [0.1, 0.15) is 30.9 Å². The number of nitrogens with zero attached hydrogens (tertiary/aromatic N) is 2. The maximum atomic E-state index is 12.5. The lowest BCUT2D eigenvalue weighted by Crippen LogP contribution is -2.19. The fraction of sp³-hybridized carbons (Fsp3) is 0.273. The van der Waals surface area contributed by atoms with E-state index in [2.05, 4.69) is 18.3 Å². The molecule has 0 bridgehead atoms. The molecule has 1 amide bonds. The van der Waals surface area contributed by atoms with Crippen LogP contribution in [0.2, 0.25) is 0 Å². The zero-order valence-electron chi connectivity index (χ0n) is 15.0. The summed E-state index contributed by atoms with van der Waals surface area (Å²) in [7, 11) is 0. The SMILES string of the molecule is CCCCc1ccc(NC(=O)/C(C#N)=C\N2CCc3ccccc32)cc1. The van der Waals surface area contributed by atoms with Crippen LogP contribution >= 0.6 is 0 Å². The molecule has 4 heteroatoms. The van der Waals surface area contributed by atoms with Gasteiger partial charge in [0.25, 0.3) is 5.91 Å². The molecule has 4 nitrogen and oxygen atoms in total. The molecule has 132 valence electrons. The van der Waals surface area contributed by atoms with E-state index in [1.54, 1.807) is 6.20 Å². The lowest BCUT2D eigenvalue weighted by atomic mass is 10.1. The molecule has 0 saturated carbocycles. The van der Waals surface area contributed by atoms with Crippen LogP contribution in [0.5, 0.6) is 0 Å². The third-order valence-electron chi connectivity index (χ3n) is 4.60. The smallest absolute Gasteiger partial charge is 0.267 e. The van der Waals surface area contributed by atoms with Gasteiger partial charge in [0.05, 0.1) is 0 Å². The Kier molecular flexibility index (Phi) is 5.70. The first-order valence-electron chi connectivity index (χ1n) is 9.08. The van der Waals surface area contributed by atoms with E-state index in [9.17, 15) is 10.1 Å². The van der Waals surface area contributed by atoms with Gasteiger partial charge in [0, 0.05) is 24.1 Å². The minimum absolute atomic E-state index is 0.108. The minimum Gasteiger partial charge on any atom is -0.346 e. The molecule has 0 unspecified atom stereocenters. The molecule has 0 spiro atoms. The van der Waals surface area contributed by atoms with Crippen molar-refractivity contribution >= 4 is 17.3 Å². The van der Waals surface area contributed by atoms with Crippen LogP contribution in [-0.2, 0) is 17.6 Å². The number of unbranched alkanes of at least 4 members (excludes halogenated alkanes) is 1. The number of nitrogens with one attached hydrogen (secondary N) is 1. The van der Waals surface area contributed by atoms with E-state index in [0.29, 0.717) is 5.69 Å². The topological polar surface area (TPSA) is 56.1 Å². The minimum atomic E-state index is -0.377. The fourth-order valence-electron chi connectivity index (χ4n) is 3.13. The predicted molar refractivity (Wildman–Crippen MR) is 105 cm³/mol. The van der Waals surface area contributed by atoms with E-state index in [4.69, 9.17) is 0 Å². The van der Waals surface area contributed by atoms with Crippen molar-refractivity contribution in [2.45, 2.75) is 32.6 Å². The number of aryl methyl sites for hydroxylation is 1. The number of hydrogen-bond donors (Lipinski definition) is 1. The largest absolute Gasteiger partial charge is 0.346 e. The molecular weight excluding hydrogens is 322 g/mol. The lowest BCUT2D eigenvalue weighted by Gasteiger charge is -2.14. The number of carbonyl (C=O) groups excluding carboxylic acids is 1. The second-order valence-electron chi connectivity index (χ2n) is 6.48.